The van der Waals surface area contributed by atoms with Gasteiger partial charge in [-0.3, -0.25) is 5.32 Å². The van der Waals surface area contributed by atoms with Gasteiger partial charge in [0, 0.05) is 41.0 Å². The number of rotatable bonds is 8. The average molecular weight is 495 g/mol. The monoisotopic (exact) mass is 495 g/mol. The number of nitrogens with zero attached hydrogens (tertiary/aromatic N) is 3. The van der Waals surface area contributed by atoms with Crippen LogP contribution in [0.4, 0.5) is 23.8 Å². The molecule has 3 heterocycles. The number of aromatic carboxylic acids is 1. The number of urea groups is 1. The molecule has 0 spiro atoms. The first-order valence-corrected chi connectivity index (χ1v) is 11.0. The van der Waals surface area contributed by atoms with Crippen LogP contribution in [0.25, 0.3) is 21.7 Å². The zero-order valence-electron chi connectivity index (χ0n) is 18.1. The Morgan fingerprint density at radius 3 is 2.50 bits per heavy atom. The first-order chi connectivity index (χ1) is 16.1. The van der Waals surface area contributed by atoms with Crippen LogP contribution in [0.2, 0.25) is 0 Å². The molecule has 0 fully saturated rings. The zero-order valence-corrected chi connectivity index (χ0v) is 18.9. The van der Waals surface area contributed by atoms with Gasteiger partial charge in [-0.1, -0.05) is 6.92 Å². The minimum Gasteiger partial charge on any atom is -0.478 e. The Morgan fingerprint density at radius 1 is 1.12 bits per heavy atom. The molecule has 0 aliphatic rings. The predicted octanol–water partition coefficient (Wildman–Crippen LogP) is 4.91. The second kappa shape index (κ2) is 10.5. The van der Waals surface area contributed by atoms with E-state index in [9.17, 15) is 27.9 Å². The molecular formula is C21H20F3N5O4S. The maximum atomic E-state index is 13.2. The lowest BCUT2D eigenvalue weighted by Gasteiger charge is -2.14. The number of carboxylic acids is 1. The van der Waals surface area contributed by atoms with Gasteiger partial charge in [-0.25, -0.2) is 24.5 Å². The Labute approximate surface area is 196 Å². The third-order valence-corrected chi connectivity index (χ3v) is 5.21. The average Bonchev–Trinajstić information content (AvgIpc) is 3.28. The second-order valence-corrected chi connectivity index (χ2v) is 7.72. The smallest absolute Gasteiger partial charge is 0.434 e. The summed E-state index contributed by atoms with van der Waals surface area (Å²) in [4.78, 5) is 35.4. The molecular weight excluding hydrogens is 475 g/mol. The summed E-state index contributed by atoms with van der Waals surface area (Å²) in [5.41, 5.74) is -0.582. The highest BCUT2D eigenvalue weighted by molar-refractivity contribution is 7.13. The summed E-state index contributed by atoms with van der Waals surface area (Å²) >= 11 is 0.746. The molecule has 0 bridgehead atoms. The van der Waals surface area contributed by atoms with E-state index in [1.807, 2.05) is 6.92 Å². The standard InChI is InChI=1S/C21H20F3N5O4S/c1-3-5-33-17-12(6-11(8-27-17)19(30)31)14-9-26-16(29-20(32)25-4-2)7-13(14)18-28-15(10-34-18)21(22,23)24/h6-10H,3-5H2,1-2H3,(H,30,31)(H2,25,26,29,32). The molecule has 3 N–H and O–H groups in total. The number of alkyl halides is 3. The molecule has 3 rings (SSSR count). The van der Waals surface area contributed by atoms with Crippen LogP contribution in [0, 0.1) is 0 Å². The van der Waals surface area contributed by atoms with Crippen LogP contribution in [0.3, 0.4) is 0 Å². The number of hydrogen-bond acceptors (Lipinski definition) is 7. The Hall–Kier alpha value is -3.74. The minimum absolute atomic E-state index is 0.00848. The number of carbonyl (C=O) groups is 2. The molecule has 180 valence electrons. The molecule has 0 aromatic carbocycles. The lowest BCUT2D eigenvalue weighted by Crippen LogP contribution is -2.28. The molecule has 0 unspecified atom stereocenters. The van der Waals surface area contributed by atoms with E-state index >= 15 is 0 Å². The van der Waals surface area contributed by atoms with Gasteiger partial charge in [0.05, 0.1) is 12.2 Å². The van der Waals surface area contributed by atoms with Gasteiger partial charge < -0.3 is 15.2 Å². The number of halogens is 3. The Balaban J connectivity index is 2.20. The second-order valence-electron chi connectivity index (χ2n) is 6.87. The van der Waals surface area contributed by atoms with Crippen molar-refractivity contribution < 1.29 is 32.6 Å². The van der Waals surface area contributed by atoms with E-state index in [0.29, 0.717) is 13.0 Å². The third-order valence-electron chi connectivity index (χ3n) is 4.34. The number of anilines is 1. The zero-order chi connectivity index (χ0) is 24.9. The molecule has 9 nitrogen and oxygen atoms in total. The topological polar surface area (TPSA) is 126 Å². The predicted molar refractivity (Wildman–Crippen MR) is 119 cm³/mol. The number of hydrogen-bond donors (Lipinski definition) is 3. The highest BCUT2D eigenvalue weighted by Gasteiger charge is 2.34. The van der Waals surface area contributed by atoms with Crippen LogP contribution >= 0.6 is 11.3 Å². The van der Waals surface area contributed by atoms with Gasteiger partial charge in [-0.2, -0.15) is 13.2 Å². The molecule has 3 aromatic heterocycles. The van der Waals surface area contributed by atoms with Crippen molar-refractivity contribution in [2.24, 2.45) is 0 Å². The minimum atomic E-state index is -4.65. The van der Waals surface area contributed by atoms with Crippen LogP contribution in [-0.4, -0.2) is 45.2 Å². The lowest BCUT2D eigenvalue weighted by atomic mass is 10.0. The molecule has 0 saturated carbocycles. The Morgan fingerprint density at radius 2 is 1.88 bits per heavy atom. The SMILES string of the molecule is CCCOc1ncc(C(=O)O)cc1-c1cnc(NC(=O)NCC)cc1-c1nc(C(F)(F)F)cs1. The summed E-state index contributed by atoms with van der Waals surface area (Å²) in [7, 11) is 0. The van der Waals surface area contributed by atoms with Gasteiger partial charge in [0.2, 0.25) is 5.88 Å². The van der Waals surface area contributed by atoms with Gasteiger partial charge in [0.1, 0.15) is 10.8 Å². The maximum Gasteiger partial charge on any atom is 0.434 e. The molecule has 0 radical (unpaired) electrons. The number of carbonyl (C=O) groups excluding carboxylic acids is 1. The van der Waals surface area contributed by atoms with E-state index in [1.165, 1.54) is 18.3 Å². The van der Waals surface area contributed by atoms with Crippen molar-refractivity contribution in [3.05, 3.63) is 41.2 Å². The molecule has 0 aliphatic heterocycles. The van der Waals surface area contributed by atoms with Crippen molar-refractivity contribution >= 4 is 29.2 Å². The van der Waals surface area contributed by atoms with E-state index in [1.54, 1.807) is 6.92 Å². The van der Waals surface area contributed by atoms with Crippen molar-refractivity contribution in [1.82, 2.24) is 20.3 Å². The van der Waals surface area contributed by atoms with Gasteiger partial charge in [-0.05, 0) is 25.5 Å². The fraction of sp³-hybridized carbons (Fsp3) is 0.286. The first-order valence-electron chi connectivity index (χ1n) is 10.1. The van der Waals surface area contributed by atoms with E-state index in [2.05, 4.69) is 25.6 Å². The fourth-order valence-electron chi connectivity index (χ4n) is 2.84. The van der Waals surface area contributed by atoms with Gasteiger partial charge in [-0.15, -0.1) is 11.3 Å². The van der Waals surface area contributed by atoms with Gasteiger partial charge in [0.15, 0.2) is 5.69 Å². The molecule has 2 amide bonds. The highest BCUT2D eigenvalue weighted by Crippen LogP contribution is 2.40. The number of amides is 2. The summed E-state index contributed by atoms with van der Waals surface area (Å²) in [6.45, 7) is 4.22. The fourth-order valence-corrected chi connectivity index (χ4v) is 3.70. The van der Waals surface area contributed by atoms with Crippen molar-refractivity contribution in [3.8, 4) is 27.6 Å². The molecule has 0 atom stereocenters. The number of nitrogens with one attached hydrogen (secondary N) is 2. The summed E-state index contributed by atoms with van der Waals surface area (Å²) in [5.74, 6) is -1.09. The number of ether oxygens (including phenoxy) is 1. The normalized spacial score (nSPS) is 11.2. The highest BCUT2D eigenvalue weighted by atomic mass is 32.1. The van der Waals surface area contributed by atoms with Crippen molar-refractivity contribution in [1.29, 1.82) is 0 Å². The quantitative estimate of drug-likeness (QED) is 0.405. The van der Waals surface area contributed by atoms with Crippen molar-refractivity contribution in [3.63, 3.8) is 0 Å². The van der Waals surface area contributed by atoms with Gasteiger partial charge in [0.25, 0.3) is 0 Å². The molecule has 3 aromatic rings. The van der Waals surface area contributed by atoms with Crippen LogP contribution in [-0.2, 0) is 6.18 Å². The molecule has 13 heteroatoms. The maximum absolute atomic E-state index is 13.2. The molecule has 34 heavy (non-hydrogen) atoms. The Bertz CT molecular complexity index is 1200. The first kappa shape index (κ1) is 24.9. The van der Waals surface area contributed by atoms with Crippen molar-refractivity contribution in [2.45, 2.75) is 26.4 Å². The van der Waals surface area contributed by atoms with Crippen LogP contribution < -0.4 is 15.4 Å². The largest absolute Gasteiger partial charge is 0.478 e. The summed E-state index contributed by atoms with van der Waals surface area (Å²) in [6.07, 6.45) is -1.58. The van der Waals surface area contributed by atoms with E-state index in [4.69, 9.17) is 4.74 Å². The van der Waals surface area contributed by atoms with Gasteiger partial charge >= 0.3 is 18.2 Å². The van der Waals surface area contributed by atoms with E-state index in [0.717, 1.165) is 22.9 Å². The molecule has 0 saturated heterocycles. The van der Waals surface area contributed by atoms with E-state index in [-0.39, 0.29) is 45.6 Å². The van der Waals surface area contributed by atoms with Crippen LogP contribution in [0.15, 0.2) is 29.9 Å². The summed E-state index contributed by atoms with van der Waals surface area (Å²) < 4.78 is 45.2. The number of thiazole rings is 1. The van der Waals surface area contributed by atoms with E-state index < -0.39 is 23.9 Å². The Kier molecular flexibility index (Phi) is 7.66. The number of pyridine rings is 2. The number of carboxylic acid groups (broad SMARTS) is 1. The molecule has 0 aliphatic carbocycles. The third kappa shape index (κ3) is 5.78. The lowest BCUT2D eigenvalue weighted by molar-refractivity contribution is -0.140. The number of aromatic nitrogens is 3. The summed E-state index contributed by atoms with van der Waals surface area (Å²) in [5, 5.41) is 15.3. The van der Waals surface area contributed by atoms with Crippen molar-refractivity contribution in [2.75, 3.05) is 18.5 Å². The van der Waals surface area contributed by atoms with Crippen LogP contribution in [0.5, 0.6) is 5.88 Å². The summed E-state index contributed by atoms with van der Waals surface area (Å²) in [6, 6.07) is 2.11. The van der Waals surface area contributed by atoms with Crippen LogP contribution in [0.1, 0.15) is 36.3 Å².